The lowest BCUT2D eigenvalue weighted by atomic mass is 10.3. The molecule has 0 radical (unpaired) electrons. The minimum absolute atomic E-state index is 0.409. The minimum Gasteiger partial charge on any atom is -0.487 e. The highest BCUT2D eigenvalue weighted by Gasteiger charge is 1.99. The van der Waals surface area contributed by atoms with Gasteiger partial charge in [-0.3, -0.25) is 5.10 Å². The van der Waals surface area contributed by atoms with Gasteiger partial charge >= 0.3 is 0 Å². The second kappa shape index (κ2) is 4.23. The number of nitrogens with one attached hydrogen (secondary N) is 1. The third kappa shape index (κ3) is 2.63. The molecule has 0 aliphatic rings. The first-order chi connectivity index (χ1) is 7.24. The molecule has 0 atom stereocenters. The molecule has 5 heteroatoms. The molecule has 2 aromatic rings. The van der Waals surface area contributed by atoms with Crippen LogP contribution in [0, 0.1) is 0 Å². The molecule has 1 aromatic heterocycles. The molecule has 0 saturated heterocycles. The van der Waals surface area contributed by atoms with Crippen molar-refractivity contribution >= 4 is 17.4 Å². The number of rotatable bonds is 3. The summed E-state index contributed by atoms with van der Waals surface area (Å²) >= 11 is 5.74. The van der Waals surface area contributed by atoms with E-state index in [2.05, 4.69) is 10.2 Å². The van der Waals surface area contributed by atoms with Crippen molar-refractivity contribution in [3.05, 3.63) is 41.0 Å². The maximum Gasteiger partial charge on any atom is 0.145 e. The van der Waals surface area contributed by atoms with Crippen molar-refractivity contribution in [1.29, 1.82) is 0 Å². The summed E-state index contributed by atoms with van der Waals surface area (Å²) in [4.78, 5) is 0. The van der Waals surface area contributed by atoms with Gasteiger partial charge in [0.2, 0.25) is 0 Å². The minimum atomic E-state index is 0.409. The van der Waals surface area contributed by atoms with Crippen LogP contribution >= 0.6 is 11.6 Å². The first-order valence-electron chi connectivity index (χ1n) is 4.42. The molecular formula is C10H10ClN3O. The van der Waals surface area contributed by atoms with Crippen LogP contribution in [0.25, 0.3) is 0 Å². The van der Waals surface area contributed by atoms with E-state index in [4.69, 9.17) is 22.1 Å². The van der Waals surface area contributed by atoms with E-state index in [1.165, 1.54) is 0 Å². The molecule has 0 spiro atoms. The van der Waals surface area contributed by atoms with E-state index in [0.717, 1.165) is 11.4 Å². The van der Waals surface area contributed by atoms with Crippen LogP contribution in [0.2, 0.25) is 5.02 Å². The number of aromatic amines is 1. The molecule has 0 aliphatic heterocycles. The lowest BCUT2D eigenvalue weighted by Gasteiger charge is -2.03. The van der Waals surface area contributed by atoms with Crippen LogP contribution in [0.5, 0.6) is 5.75 Å². The van der Waals surface area contributed by atoms with Crippen molar-refractivity contribution < 1.29 is 4.74 Å². The summed E-state index contributed by atoms with van der Waals surface area (Å²) in [5.74, 6) is 1.22. The van der Waals surface area contributed by atoms with Crippen LogP contribution in [0.15, 0.2) is 30.3 Å². The molecule has 0 bridgehead atoms. The SMILES string of the molecule is Nc1cc(COc2ccc(Cl)cc2)[nH]n1. The van der Waals surface area contributed by atoms with Gasteiger partial charge in [0, 0.05) is 11.1 Å². The van der Waals surface area contributed by atoms with Gasteiger partial charge in [-0.2, -0.15) is 5.10 Å². The van der Waals surface area contributed by atoms with Crippen LogP contribution in [0.1, 0.15) is 5.69 Å². The first kappa shape index (κ1) is 9.86. The second-order valence-electron chi connectivity index (χ2n) is 3.06. The van der Waals surface area contributed by atoms with E-state index in [0.29, 0.717) is 17.4 Å². The van der Waals surface area contributed by atoms with Gasteiger partial charge < -0.3 is 10.5 Å². The van der Waals surface area contributed by atoms with Crippen molar-refractivity contribution in [3.63, 3.8) is 0 Å². The summed E-state index contributed by atoms with van der Waals surface area (Å²) < 4.78 is 5.47. The zero-order valence-electron chi connectivity index (χ0n) is 7.90. The van der Waals surface area contributed by atoms with Gasteiger partial charge in [-0.15, -0.1) is 0 Å². The molecule has 0 amide bonds. The number of benzene rings is 1. The standard InChI is InChI=1S/C10H10ClN3O/c11-7-1-3-9(4-2-7)15-6-8-5-10(12)14-13-8/h1-5H,6H2,(H3,12,13,14). The van der Waals surface area contributed by atoms with Gasteiger partial charge in [0.1, 0.15) is 18.2 Å². The maximum absolute atomic E-state index is 5.74. The Kier molecular flexibility index (Phi) is 2.78. The topological polar surface area (TPSA) is 63.9 Å². The molecule has 78 valence electrons. The van der Waals surface area contributed by atoms with Gasteiger partial charge in [-0.1, -0.05) is 11.6 Å². The van der Waals surface area contributed by atoms with Crippen molar-refractivity contribution in [2.24, 2.45) is 0 Å². The third-order valence-corrected chi connectivity index (χ3v) is 2.11. The van der Waals surface area contributed by atoms with E-state index in [1.54, 1.807) is 18.2 Å². The quantitative estimate of drug-likeness (QED) is 0.839. The fourth-order valence-electron chi connectivity index (χ4n) is 1.15. The molecule has 4 nitrogen and oxygen atoms in total. The Morgan fingerprint density at radius 3 is 2.67 bits per heavy atom. The zero-order chi connectivity index (χ0) is 10.7. The Hall–Kier alpha value is -1.68. The Balaban J connectivity index is 1.96. The van der Waals surface area contributed by atoms with Crippen molar-refractivity contribution in [2.75, 3.05) is 5.73 Å². The molecule has 0 unspecified atom stereocenters. The highest BCUT2D eigenvalue weighted by atomic mass is 35.5. The predicted octanol–water partition coefficient (Wildman–Crippen LogP) is 2.22. The Bertz CT molecular complexity index is 438. The van der Waals surface area contributed by atoms with Crippen molar-refractivity contribution in [3.8, 4) is 5.75 Å². The monoisotopic (exact) mass is 223 g/mol. The molecule has 0 saturated carbocycles. The predicted molar refractivity (Wildman–Crippen MR) is 58.8 cm³/mol. The summed E-state index contributed by atoms with van der Waals surface area (Å²) in [6.45, 7) is 0.409. The number of nitrogens with two attached hydrogens (primary N) is 1. The second-order valence-corrected chi connectivity index (χ2v) is 3.50. The number of H-pyrrole nitrogens is 1. The molecule has 0 fully saturated rings. The molecule has 15 heavy (non-hydrogen) atoms. The molecule has 0 aliphatic carbocycles. The number of nitrogen functional groups attached to an aromatic ring is 1. The van der Waals surface area contributed by atoms with Gasteiger partial charge in [0.25, 0.3) is 0 Å². The number of halogens is 1. The van der Waals surface area contributed by atoms with Crippen LogP contribution in [-0.2, 0) is 6.61 Å². The lowest BCUT2D eigenvalue weighted by Crippen LogP contribution is -1.95. The molecule has 1 heterocycles. The van der Waals surface area contributed by atoms with Crippen LogP contribution in [0.4, 0.5) is 5.82 Å². The van der Waals surface area contributed by atoms with E-state index in [-0.39, 0.29) is 0 Å². The number of anilines is 1. The normalized spacial score (nSPS) is 10.2. The summed E-state index contributed by atoms with van der Waals surface area (Å²) in [6, 6.07) is 8.90. The van der Waals surface area contributed by atoms with Crippen molar-refractivity contribution in [2.45, 2.75) is 6.61 Å². The van der Waals surface area contributed by atoms with E-state index in [9.17, 15) is 0 Å². The highest BCUT2D eigenvalue weighted by Crippen LogP contribution is 2.16. The number of hydrogen-bond acceptors (Lipinski definition) is 3. The number of aromatic nitrogens is 2. The fourth-order valence-corrected chi connectivity index (χ4v) is 1.27. The first-order valence-corrected chi connectivity index (χ1v) is 4.80. The average Bonchev–Trinajstić information content (AvgIpc) is 2.64. The largest absolute Gasteiger partial charge is 0.487 e. The van der Waals surface area contributed by atoms with Crippen LogP contribution < -0.4 is 10.5 Å². The average molecular weight is 224 g/mol. The Morgan fingerprint density at radius 1 is 1.33 bits per heavy atom. The lowest BCUT2D eigenvalue weighted by molar-refractivity contribution is 0.301. The fraction of sp³-hybridized carbons (Fsp3) is 0.100. The van der Waals surface area contributed by atoms with Crippen LogP contribution in [0.3, 0.4) is 0 Å². The zero-order valence-corrected chi connectivity index (χ0v) is 8.66. The van der Waals surface area contributed by atoms with Gasteiger partial charge in [-0.25, -0.2) is 0 Å². The summed E-state index contributed by atoms with van der Waals surface area (Å²) in [7, 11) is 0. The van der Waals surface area contributed by atoms with Gasteiger partial charge in [-0.05, 0) is 24.3 Å². The van der Waals surface area contributed by atoms with E-state index < -0.39 is 0 Å². The summed E-state index contributed by atoms with van der Waals surface area (Å²) in [5, 5.41) is 7.24. The van der Waals surface area contributed by atoms with Crippen molar-refractivity contribution in [1.82, 2.24) is 10.2 Å². The molecule has 3 N–H and O–H groups in total. The highest BCUT2D eigenvalue weighted by molar-refractivity contribution is 6.30. The maximum atomic E-state index is 5.74. The van der Waals surface area contributed by atoms with E-state index in [1.807, 2.05) is 12.1 Å². The number of hydrogen-bond donors (Lipinski definition) is 2. The number of nitrogens with zero attached hydrogens (tertiary/aromatic N) is 1. The Morgan fingerprint density at radius 2 is 2.07 bits per heavy atom. The Labute approximate surface area is 92.0 Å². The van der Waals surface area contributed by atoms with E-state index >= 15 is 0 Å². The van der Waals surface area contributed by atoms with Gasteiger partial charge in [0.15, 0.2) is 0 Å². The summed E-state index contributed by atoms with van der Waals surface area (Å²) in [6.07, 6.45) is 0. The molecule has 1 aromatic carbocycles. The van der Waals surface area contributed by atoms with Crippen LogP contribution in [-0.4, -0.2) is 10.2 Å². The third-order valence-electron chi connectivity index (χ3n) is 1.86. The molecular weight excluding hydrogens is 214 g/mol. The molecule has 2 rings (SSSR count). The summed E-state index contributed by atoms with van der Waals surface area (Å²) in [5.41, 5.74) is 6.29. The van der Waals surface area contributed by atoms with Gasteiger partial charge in [0.05, 0.1) is 5.69 Å². The number of ether oxygens (including phenoxy) is 1. The smallest absolute Gasteiger partial charge is 0.145 e.